The van der Waals surface area contributed by atoms with Gasteiger partial charge < -0.3 is 4.74 Å². The summed E-state index contributed by atoms with van der Waals surface area (Å²) < 4.78 is 4.82. The van der Waals surface area contributed by atoms with E-state index in [0.717, 1.165) is 12.4 Å². The molecule has 1 nitrogen and oxygen atoms in total. The van der Waals surface area contributed by atoms with Gasteiger partial charge in [0.1, 0.15) is 5.75 Å². The van der Waals surface area contributed by atoms with Gasteiger partial charge >= 0.3 is 0 Å². The van der Waals surface area contributed by atoms with E-state index < -0.39 is 0 Å². The van der Waals surface area contributed by atoms with Crippen LogP contribution >= 0.6 is 0 Å². The van der Waals surface area contributed by atoms with Gasteiger partial charge in [-0.15, -0.1) is 6.26 Å². The van der Waals surface area contributed by atoms with E-state index >= 15 is 0 Å². The molecule has 0 amide bonds. The Morgan fingerprint density at radius 3 is 1.64 bits per heavy atom. The highest BCUT2D eigenvalue weighted by molar-refractivity contribution is 7.97. The third-order valence-corrected chi connectivity index (χ3v) is 1.50. The molecule has 0 aromatic rings. The second-order valence-corrected chi connectivity index (χ2v) is 3.45. The fraction of sp³-hybridized carbons (Fsp3) is 0.889. The van der Waals surface area contributed by atoms with Gasteiger partial charge in [-0.05, 0) is 0 Å². The Bertz CT molecular complexity index is 38.5. The lowest BCUT2D eigenvalue weighted by Crippen LogP contribution is -2.05. The highest BCUT2D eigenvalue weighted by Crippen LogP contribution is 1.84. The minimum Gasteiger partial charge on any atom is -0.380 e. The van der Waals surface area contributed by atoms with Crippen LogP contribution in [0.1, 0.15) is 29.7 Å². The van der Waals surface area contributed by atoms with E-state index in [2.05, 4.69) is 12.5 Å². The van der Waals surface area contributed by atoms with Crippen LogP contribution in [-0.4, -0.2) is 25.7 Å². The number of methoxy groups -OCH3 is 1. The SMILES string of the molecule is C.C.C.C.[CH2-][S+](C)CCOC. The zero-order valence-corrected chi connectivity index (χ0v) is 5.75. The van der Waals surface area contributed by atoms with Crippen molar-refractivity contribution >= 4 is 10.9 Å². The summed E-state index contributed by atoms with van der Waals surface area (Å²) in [6, 6.07) is 0. The van der Waals surface area contributed by atoms with E-state index in [1.54, 1.807) is 7.11 Å². The van der Waals surface area contributed by atoms with Crippen LogP contribution in [0.15, 0.2) is 0 Å². The Morgan fingerprint density at radius 1 is 1.18 bits per heavy atom. The molecule has 11 heavy (non-hydrogen) atoms. The van der Waals surface area contributed by atoms with Gasteiger partial charge in [-0.3, -0.25) is 0 Å². The maximum absolute atomic E-state index is 4.82. The molecule has 0 saturated heterocycles. The maximum Gasteiger partial charge on any atom is 0.102 e. The first-order valence-electron chi connectivity index (χ1n) is 2.18. The van der Waals surface area contributed by atoms with E-state index in [9.17, 15) is 0 Å². The average Bonchev–Trinajstić information content (AvgIpc) is 1.61. The first-order chi connectivity index (χ1) is 3.27. The largest absolute Gasteiger partial charge is 0.380 e. The molecule has 76 valence electrons. The van der Waals surface area contributed by atoms with Gasteiger partial charge in [0, 0.05) is 7.11 Å². The first kappa shape index (κ1) is 30.2. The molecule has 0 rings (SSSR count). The second kappa shape index (κ2) is 22.4. The zero-order chi connectivity index (χ0) is 5.70. The van der Waals surface area contributed by atoms with Gasteiger partial charge in [0.05, 0.1) is 12.9 Å². The van der Waals surface area contributed by atoms with Gasteiger partial charge in [-0.1, -0.05) is 29.7 Å². The molecule has 1 unspecified atom stereocenters. The highest BCUT2D eigenvalue weighted by Gasteiger charge is 1.90. The predicted molar refractivity (Wildman–Crippen MR) is 62.3 cm³/mol. The summed E-state index contributed by atoms with van der Waals surface area (Å²) in [5, 5.41) is 0. The first-order valence-corrected chi connectivity index (χ1v) is 4.15. The number of ether oxygens (including phenoxy) is 1. The third-order valence-electron chi connectivity index (χ3n) is 0.636. The molecule has 0 fully saturated rings. The molecule has 1 atom stereocenters. The second-order valence-electron chi connectivity index (χ2n) is 1.48. The molecule has 0 aromatic carbocycles. The van der Waals surface area contributed by atoms with Gasteiger partial charge in [-0.25, -0.2) is 0 Å². The van der Waals surface area contributed by atoms with E-state index in [1.165, 1.54) is 0 Å². The van der Waals surface area contributed by atoms with Crippen molar-refractivity contribution in [1.29, 1.82) is 0 Å². The molecule has 0 heterocycles. The van der Waals surface area contributed by atoms with E-state index in [4.69, 9.17) is 4.74 Å². The number of rotatable bonds is 3. The van der Waals surface area contributed by atoms with Crippen LogP contribution in [0.3, 0.4) is 0 Å². The standard InChI is InChI=1S/C5H12OS.4CH4/c1-6-4-5-7(2)3;;;;/h2,4-5H2,1,3H3;4*1H4. The summed E-state index contributed by atoms with van der Waals surface area (Å²) >= 11 is 0. The molecule has 2 heteroatoms. The van der Waals surface area contributed by atoms with Gasteiger partial charge in [0.15, 0.2) is 0 Å². The quantitative estimate of drug-likeness (QED) is 0.483. The van der Waals surface area contributed by atoms with Crippen LogP contribution in [0.4, 0.5) is 0 Å². The molecule has 0 spiro atoms. The maximum atomic E-state index is 4.82. The number of hydrogen-bond donors (Lipinski definition) is 0. The minimum atomic E-state index is 0. The lowest BCUT2D eigenvalue weighted by molar-refractivity contribution is 0.218. The Labute approximate surface area is 77.9 Å². The zero-order valence-electron chi connectivity index (χ0n) is 4.94. The van der Waals surface area contributed by atoms with E-state index in [0.29, 0.717) is 10.9 Å². The summed E-state index contributed by atoms with van der Waals surface area (Å²) in [5.41, 5.74) is 0. The van der Waals surface area contributed by atoms with Crippen LogP contribution in [0.2, 0.25) is 0 Å². The normalized spacial score (nSPS) is 9.00. The molecule has 0 aliphatic heterocycles. The number of hydrogen-bond acceptors (Lipinski definition) is 1. The van der Waals surface area contributed by atoms with Crippen LogP contribution < -0.4 is 0 Å². The molecule has 0 aromatic heterocycles. The van der Waals surface area contributed by atoms with Crippen molar-refractivity contribution in [2.24, 2.45) is 0 Å². The van der Waals surface area contributed by atoms with Crippen molar-refractivity contribution in [3.63, 3.8) is 0 Å². The van der Waals surface area contributed by atoms with Crippen LogP contribution in [0.25, 0.3) is 0 Å². The monoisotopic (exact) mass is 184 g/mol. The average molecular weight is 184 g/mol. The molecule has 0 bridgehead atoms. The van der Waals surface area contributed by atoms with Crippen LogP contribution in [0.5, 0.6) is 0 Å². The lowest BCUT2D eigenvalue weighted by atomic mass is 10.9. The topological polar surface area (TPSA) is 9.23 Å². The molecular formula is C9H28OS. The minimum absolute atomic E-state index is 0. The van der Waals surface area contributed by atoms with Crippen molar-refractivity contribution in [2.75, 3.05) is 25.7 Å². The smallest absolute Gasteiger partial charge is 0.102 e. The van der Waals surface area contributed by atoms with Crippen LogP contribution in [-0.2, 0) is 15.6 Å². The van der Waals surface area contributed by atoms with Crippen LogP contribution in [0, 0.1) is 6.26 Å². The summed E-state index contributed by atoms with van der Waals surface area (Å²) in [6.07, 6.45) is 5.93. The van der Waals surface area contributed by atoms with Crippen molar-refractivity contribution in [3.05, 3.63) is 6.26 Å². The van der Waals surface area contributed by atoms with E-state index in [-0.39, 0.29) is 29.7 Å². The molecule has 0 aliphatic rings. The summed E-state index contributed by atoms with van der Waals surface area (Å²) in [4.78, 5) is 0. The predicted octanol–water partition coefficient (Wildman–Crippen LogP) is 3.22. The lowest BCUT2D eigenvalue weighted by Gasteiger charge is -1.99. The van der Waals surface area contributed by atoms with Crippen molar-refractivity contribution in [2.45, 2.75) is 29.7 Å². The summed E-state index contributed by atoms with van der Waals surface area (Å²) in [5.74, 6) is 1.09. The Hall–Kier alpha value is 0.310. The molecule has 0 aliphatic carbocycles. The van der Waals surface area contributed by atoms with Crippen molar-refractivity contribution in [1.82, 2.24) is 0 Å². The highest BCUT2D eigenvalue weighted by atomic mass is 32.2. The van der Waals surface area contributed by atoms with Crippen molar-refractivity contribution < 1.29 is 4.74 Å². The van der Waals surface area contributed by atoms with Gasteiger partial charge in [0.25, 0.3) is 0 Å². The summed E-state index contributed by atoms with van der Waals surface area (Å²) in [7, 11) is 2.02. The van der Waals surface area contributed by atoms with Gasteiger partial charge in [-0.2, -0.15) is 10.9 Å². The van der Waals surface area contributed by atoms with Gasteiger partial charge in [0.2, 0.25) is 0 Å². The Kier molecular flexibility index (Phi) is 61.6. The third kappa shape index (κ3) is 38.3. The molecule has 0 radical (unpaired) electrons. The fourth-order valence-corrected chi connectivity index (χ4v) is 0.677. The molecular weight excluding hydrogens is 156 g/mol. The molecule has 0 N–H and O–H groups in total. The van der Waals surface area contributed by atoms with E-state index in [1.807, 2.05) is 0 Å². The fourth-order valence-electron chi connectivity index (χ4n) is 0.226. The summed E-state index contributed by atoms with van der Waals surface area (Å²) in [6.45, 7) is 0.850. The molecule has 0 saturated carbocycles. The Balaban J connectivity index is -0.0000000300. The Morgan fingerprint density at radius 2 is 1.55 bits per heavy atom. The van der Waals surface area contributed by atoms with Crippen molar-refractivity contribution in [3.8, 4) is 0 Å².